The highest BCUT2D eigenvalue weighted by molar-refractivity contribution is 7.07. The topological polar surface area (TPSA) is 77.2 Å². The zero-order chi connectivity index (χ0) is 14.4. The highest BCUT2D eigenvalue weighted by atomic mass is 32.1. The van der Waals surface area contributed by atoms with Gasteiger partial charge in [-0.25, -0.2) is 4.98 Å². The van der Waals surface area contributed by atoms with E-state index in [2.05, 4.69) is 10.3 Å². The monoisotopic (exact) mass is 291 g/mol. The van der Waals surface area contributed by atoms with E-state index < -0.39 is 0 Å². The van der Waals surface area contributed by atoms with Crippen LogP contribution in [0.4, 0.5) is 5.69 Å². The second kappa shape index (κ2) is 6.91. The summed E-state index contributed by atoms with van der Waals surface area (Å²) in [6.07, 6.45) is 0.204. The fourth-order valence-electron chi connectivity index (χ4n) is 1.72. The zero-order valence-corrected chi connectivity index (χ0v) is 12.0. The second-order valence-corrected chi connectivity index (χ2v) is 5.06. The number of ether oxygens (including phenoxy) is 1. The molecule has 0 radical (unpaired) electrons. The van der Waals surface area contributed by atoms with E-state index in [9.17, 15) is 4.79 Å². The highest BCUT2D eigenvalue weighted by Gasteiger charge is 2.10. The molecule has 1 atom stereocenters. The predicted octanol–water partition coefficient (Wildman–Crippen LogP) is 2.57. The van der Waals surface area contributed by atoms with E-state index in [0.717, 1.165) is 11.4 Å². The average molecular weight is 291 g/mol. The lowest BCUT2D eigenvalue weighted by molar-refractivity contribution is -0.118. The van der Waals surface area contributed by atoms with Crippen molar-refractivity contribution in [3.05, 3.63) is 40.8 Å². The SMILES string of the molecule is CC(Nc1ccccc1OCCC(N)=O)c1cscn1. The molecule has 1 amide bonds. The summed E-state index contributed by atoms with van der Waals surface area (Å²) in [6.45, 7) is 2.31. The van der Waals surface area contributed by atoms with Crippen molar-refractivity contribution in [1.82, 2.24) is 4.98 Å². The predicted molar refractivity (Wildman–Crippen MR) is 79.9 cm³/mol. The third-order valence-electron chi connectivity index (χ3n) is 2.76. The first-order valence-electron chi connectivity index (χ1n) is 6.31. The minimum atomic E-state index is -0.369. The fourth-order valence-corrected chi connectivity index (χ4v) is 2.36. The van der Waals surface area contributed by atoms with E-state index in [4.69, 9.17) is 10.5 Å². The summed E-state index contributed by atoms with van der Waals surface area (Å²) in [5.74, 6) is 0.335. The average Bonchev–Trinajstić information content (AvgIpc) is 2.94. The number of rotatable bonds is 7. The van der Waals surface area contributed by atoms with Crippen LogP contribution in [0, 0.1) is 0 Å². The smallest absolute Gasteiger partial charge is 0.220 e. The van der Waals surface area contributed by atoms with Crippen molar-refractivity contribution in [1.29, 1.82) is 0 Å². The van der Waals surface area contributed by atoms with Gasteiger partial charge in [-0.3, -0.25) is 4.79 Å². The van der Waals surface area contributed by atoms with Gasteiger partial charge in [0.05, 0.1) is 36.0 Å². The Morgan fingerprint density at radius 1 is 1.50 bits per heavy atom. The molecule has 1 unspecified atom stereocenters. The maximum Gasteiger partial charge on any atom is 0.220 e. The van der Waals surface area contributed by atoms with Crippen LogP contribution in [-0.4, -0.2) is 17.5 Å². The molecule has 20 heavy (non-hydrogen) atoms. The van der Waals surface area contributed by atoms with E-state index in [1.165, 1.54) is 0 Å². The Kier molecular flexibility index (Phi) is 4.95. The number of aromatic nitrogens is 1. The van der Waals surface area contributed by atoms with Crippen LogP contribution in [0.1, 0.15) is 25.1 Å². The molecule has 0 aliphatic carbocycles. The number of anilines is 1. The first-order valence-corrected chi connectivity index (χ1v) is 7.26. The van der Waals surface area contributed by atoms with Crippen LogP contribution in [0.3, 0.4) is 0 Å². The summed E-state index contributed by atoms with van der Waals surface area (Å²) in [7, 11) is 0. The van der Waals surface area contributed by atoms with Crippen molar-refractivity contribution in [3.8, 4) is 5.75 Å². The number of para-hydroxylation sites is 2. The number of amides is 1. The molecule has 3 N–H and O–H groups in total. The number of nitrogens with one attached hydrogen (secondary N) is 1. The molecule has 0 saturated carbocycles. The largest absolute Gasteiger partial charge is 0.491 e. The maximum absolute atomic E-state index is 10.7. The van der Waals surface area contributed by atoms with Gasteiger partial charge in [0.25, 0.3) is 0 Å². The van der Waals surface area contributed by atoms with Crippen molar-refractivity contribution in [2.45, 2.75) is 19.4 Å². The summed E-state index contributed by atoms with van der Waals surface area (Å²) >= 11 is 1.57. The summed E-state index contributed by atoms with van der Waals surface area (Å²) in [6, 6.07) is 7.69. The quantitative estimate of drug-likeness (QED) is 0.822. The molecule has 0 aliphatic rings. The minimum Gasteiger partial charge on any atom is -0.491 e. The van der Waals surface area contributed by atoms with Crippen LogP contribution in [0.2, 0.25) is 0 Å². The molecule has 0 aliphatic heterocycles. The van der Waals surface area contributed by atoms with Crippen molar-refractivity contribution >= 4 is 22.9 Å². The Balaban J connectivity index is 2.02. The van der Waals surface area contributed by atoms with Crippen LogP contribution >= 0.6 is 11.3 Å². The summed E-state index contributed by atoms with van der Waals surface area (Å²) in [5, 5.41) is 5.36. The highest BCUT2D eigenvalue weighted by Crippen LogP contribution is 2.28. The standard InChI is InChI=1S/C14H17N3O2S/c1-10(12-8-20-9-16-12)17-11-4-2-3-5-13(11)19-7-6-14(15)18/h2-5,8-10,17H,6-7H2,1H3,(H2,15,18). The lowest BCUT2D eigenvalue weighted by Crippen LogP contribution is -2.15. The van der Waals surface area contributed by atoms with Gasteiger partial charge in [0.1, 0.15) is 5.75 Å². The van der Waals surface area contributed by atoms with E-state index in [-0.39, 0.29) is 25.0 Å². The van der Waals surface area contributed by atoms with Crippen molar-refractivity contribution in [2.75, 3.05) is 11.9 Å². The van der Waals surface area contributed by atoms with Gasteiger partial charge in [-0.15, -0.1) is 11.3 Å². The molecule has 1 aromatic carbocycles. The fraction of sp³-hybridized carbons (Fsp3) is 0.286. The molecule has 106 valence electrons. The molecule has 0 bridgehead atoms. The lowest BCUT2D eigenvalue weighted by Gasteiger charge is -2.16. The van der Waals surface area contributed by atoms with E-state index in [1.807, 2.05) is 42.1 Å². The Hall–Kier alpha value is -2.08. The number of hydrogen-bond acceptors (Lipinski definition) is 5. The number of carbonyl (C=O) groups is 1. The van der Waals surface area contributed by atoms with Crippen LogP contribution < -0.4 is 15.8 Å². The second-order valence-electron chi connectivity index (χ2n) is 4.34. The Bertz CT molecular complexity index is 557. The van der Waals surface area contributed by atoms with Crippen molar-refractivity contribution < 1.29 is 9.53 Å². The van der Waals surface area contributed by atoms with Gasteiger partial charge in [-0.1, -0.05) is 12.1 Å². The maximum atomic E-state index is 10.7. The first-order chi connectivity index (χ1) is 9.66. The van der Waals surface area contributed by atoms with Crippen molar-refractivity contribution in [3.63, 3.8) is 0 Å². The molecular formula is C14H17N3O2S. The normalized spacial score (nSPS) is 11.8. The minimum absolute atomic E-state index is 0.0853. The molecule has 1 aromatic heterocycles. The van der Waals surface area contributed by atoms with Gasteiger partial charge in [-0.2, -0.15) is 0 Å². The Morgan fingerprint density at radius 3 is 3.00 bits per heavy atom. The van der Waals surface area contributed by atoms with Crippen LogP contribution in [0.25, 0.3) is 0 Å². The lowest BCUT2D eigenvalue weighted by atomic mass is 10.2. The van der Waals surface area contributed by atoms with Gasteiger partial charge in [-0.05, 0) is 19.1 Å². The van der Waals surface area contributed by atoms with E-state index in [0.29, 0.717) is 5.75 Å². The molecule has 2 aromatic rings. The van der Waals surface area contributed by atoms with Gasteiger partial charge in [0.15, 0.2) is 0 Å². The molecule has 0 spiro atoms. The van der Waals surface area contributed by atoms with Gasteiger partial charge in [0, 0.05) is 5.38 Å². The number of nitrogens with zero attached hydrogens (tertiary/aromatic N) is 1. The molecular weight excluding hydrogens is 274 g/mol. The number of hydrogen-bond donors (Lipinski definition) is 2. The van der Waals surface area contributed by atoms with Gasteiger partial charge >= 0.3 is 0 Å². The molecule has 0 saturated heterocycles. The Labute approximate surface area is 121 Å². The number of nitrogens with two attached hydrogens (primary N) is 1. The van der Waals surface area contributed by atoms with Crippen LogP contribution in [0.15, 0.2) is 35.2 Å². The molecule has 0 fully saturated rings. The molecule has 1 heterocycles. The summed E-state index contributed by atoms with van der Waals surface area (Å²) in [5.41, 5.74) is 8.77. The third-order valence-corrected chi connectivity index (χ3v) is 3.36. The molecule has 5 nitrogen and oxygen atoms in total. The van der Waals surface area contributed by atoms with E-state index in [1.54, 1.807) is 11.3 Å². The first kappa shape index (κ1) is 14.3. The van der Waals surface area contributed by atoms with Gasteiger partial charge < -0.3 is 15.8 Å². The van der Waals surface area contributed by atoms with Crippen LogP contribution in [-0.2, 0) is 4.79 Å². The van der Waals surface area contributed by atoms with Gasteiger partial charge in [0.2, 0.25) is 5.91 Å². The molecule has 6 heteroatoms. The zero-order valence-electron chi connectivity index (χ0n) is 11.2. The number of thiazole rings is 1. The Morgan fingerprint density at radius 2 is 2.30 bits per heavy atom. The number of benzene rings is 1. The number of primary amides is 1. The van der Waals surface area contributed by atoms with Crippen LogP contribution in [0.5, 0.6) is 5.75 Å². The summed E-state index contributed by atoms with van der Waals surface area (Å²) in [4.78, 5) is 15.0. The number of carbonyl (C=O) groups excluding carboxylic acids is 1. The molecule has 2 rings (SSSR count). The summed E-state index contributed by atoms with van der Waals surface area (Å²) < 4.78 is 5.59. The third kappa shape index (κ3) is 3.96. The van der Waals surface area contributed by atoms with Crippen molar-refractivity contribution in [2.24, 2.45) is 5.73 Å². The van der Waals surface area contributed by atoms with E-state index >= 15 is 0 Å².